The lowest BCUT2D eigenvalue weighted by atomic mass is 9.82. The minimum absolute atomic E-state index is 0.132. The summed E-state index contributed by atoms with van der Waals surface area (Å²) in [5.74, 6) is -2.84. The normalized spacial score (nSPS) is 17.2. The smallest absolute Gasteiger partial charge is 0.341 e. The highest BCUT2D eigenvalue weighted by molar-refractivity contribution is 5.90. The van der Waals surface area contributed by atoms with Crippen LogP contribution in [0.25, 0.3) is 11.1 Å². The van der Waals surface area contributed by atoms with E-state index >= 15 is 4.39 Å². The monoisotopic (exact) mass is 538 g/mol. The van der Waals surface area contributed by atoms with Crippen LogP contribution in [0.4, 0.5) is 13.2 Å². The van der Waals surface area contributed by atoms with Gasteiger partial charge in [0.05, 0.1) is 12.2 Å². The summed E-state index contributed by atoms with van der Waals surface area (Å²) in [4.78, 5) is 12.6. The molecule has 39 heavy (non-hydrogen) atoms. The van der Waals surface area contributed by atoms with Crippen LogP contribution in [0.1, 0.15) is 92.1 Å². The molecule has 3 nitrogen and oxygen atoms in total. The van der Waals surface area contributed by atoms with Crippen LogP contribution in [0.3, 0.4) is 0 Å². The Balaban J connectivity index is 1.29. The number of esters is 1. The fourth-order valence-electron chi connectivity index (χ4n) is 5.19. The van der Waals surface area contributed by atoms with Gasteiger partial charge in [-0.2, -0.15) is 0 Å². The molecule has 0 aliphatic heterocycles. The van der Waals surface area contributed by atoms with Crippen molar-refractivity contribution in [2.45, 2.75) is 83.7 Å². The van der Waals surface area contributed by atoms with E-state index in [4.69, 9.17) is 9.47 Å². The average Bonchev–Trinajstić information content (AvgIpc) is 2.93. The highest BCUT2D eigenvalue weighted by Crippen LogP contribution is 2.38. The van der Waals surface area contributed by atoms with Crippen molar-refractivity contribution in [3.05, 3.63) is 88.7 Å². The van der Waals surface area contributed by atoms with Gasteiger partial charge in [-0.3, -0.25) is 0 Å². The first-order valence-corrected chi connectivity index (χ1v) is 14.1. The Morgan fingerprint density at radius 1 is 0.846 bits per heavy atom. The number of benzene rings is 3. The Kier molecular flexibility index (Phi) is 10.1. The molecule has 0 saturated heterocycles. The van der Waals surface area contributed by atoms with E-state index in [0.29, 0.717) is 49.2 Å². The van der Waals surface area contributed by atoms with Crippen molar-refractivity contribution in [3.63, 3.8) is 0 Å². The molecule has 0 bridgehead atoms. The zero-order chi connectivity index (χ0) is 27.8. The molecule has 0 heterocycles. The summed E-state index contributed by atoms with van der Waals surface area (Å²) in [5, 5.41) is 0. The van der Waals surface area contributed by atoms with Crippen molar-refractivity contribution in [2.24, 2.45) is 0 Å². The van der Waals surface area contributed by atoms with Gasteiger partial charge < -0.3 is 9.47 Å². The van der Waals surface area contributed by atoms with Gasteiger partial charge in [-0.25, -0.2) is 18.0 Å². The van der Waals surface area contributed by atoms with E-state index in [1.165, 1.54) is 25.0 Å². The van der Waals surface area contributed by atoms with Crippen LogP contribution >= 0.6 is 0 Å². The van der Waals surface area contributed by atoms with E-state index in [1.54, 1.807) is 30.3 Å². The van der Waals surface area contributed by atoms with Gasteiger partial charge in [0.25, 0.3) is 0 Å². The largest absolute Gasteiger partial charge is 0.493 e. The van der Waals surface area contributed by atoms with E-state index in [0.717, 1.165) is 24.8 Å². The Bertz CT molecular complexity index is 1250. The standard InChI is InChI=1S/C33H37F3O3/c1-3-4-5-6-7-20-38-26-16-17-29(30(34)21-26)33(37)39-25-14-12-24(13-15-25)28-19-18-27(31(35)32(28)36)23-10-8-22(2)9-11-23/h8-11,16-19,21,24-25H,3-7,12-15,20H2,1-2H3. The van der Waals surface area contributed by atoms with Crippen molar-refractivity contribution in [3.8, 4) is 16.9 Å². The molecule has 3 aromatic carbocycles. The van der Waals surface area contributed by atoms with E-state index in [1.807, 2.05) is 19.1 Å². The second kappa shape index (κ2) is 13.7. The molecule has 4 rings (SSSR count). The second-order valence-corrected chi connectivity index (χ2v) is 10.5. The van der Waals surface area contributed by atoms with Crippen LogP contribution in [0, 0.1) is 24.4 Å². The van der Waals surface area contributed by atoms with Crippen molar-refractivity contribution >= 4 is 5.97 Å². The van der Waals surface area contributed by atoms with Gasteiger partial charge in [0.2, 0.25) is 0 Å². The van der Waals surface area contributed by atoms with Crippen molar-refractivity contribution in [2.75, 3.05) is 6.61 Å². The third-order valence-corrected chi connectivity index (χ3v) is 7.54. The molecule has 0 aromatic heterocycles. The minimum Gasteiger partial charge on any atom is -0.493 e. The molecule has 1 fully saturated rings. The van der Waals surface area contributed by atoms with Crippen LogP contribution in [0.15, 0.2) is 54.6 Å². The lowest BCUT2D eigenvalue weighted by Crippen LogP contribution is -2.24. The number of halogens is 3. The van der Waals surface area contributed by atoms with Gasteiger partial charge in [0, 0.05) is 11.6 Å². The molecule has 1 saturated carbocycles. The summed E-state index contributed by atoms with van der Waals surface area (Å²) < 4.78 is 55.8. The number of unbranched alkanes of at least 4 members (excludes halogenated alkanes) is 4. The van der Waals surface area contributed by atoms with Gasteiger partial charge in [0.1, 0.15) is 17.7 Å². The fourth-order valence-corrected chi connectivity index (χ4v) is 5.19. The van der Waals surface area contributed by atoms with E-state index in [-0.39, 0.29) is 17.0 Å². The second-order valence-electron chi connectivity index (χ2n) is 10.5. The summed E-state index contributed by atoms with van der Waals surface area (Å²) in [6, 6.07) is 14.8. The summed E-state index contributed by atoms with van der Waals surface area (Å²) in [7, 11) is 0. The maximum atomic E-state index is 15.1. The first kappa shape index (κ1) is 28.7. The molecule has 0 atom stereocenters. The summed E-state index contributed by atoms with van der Waals surface area (Å²) >= 11 is 0. The summed E-state index contributed by atoms with van der Waals surface area (Å²) in [6.07, 6.45) is 7.20. The third-order valence-electron chi connectivity index (χ3n) is 7.54. The molecular formula is C33H37F3O3. The van der Waals surface area contributed by atoms with E-state index in [9.17, 15) is 13.6 Å². The highest BCUT2D eigenvalue weighted by Gasteiger charge is 2.29. The average molecular weight is 539 g/mol. The van der Waals surface area contributed by atoms with Crippen LogP contribution in [0.5, 0.6) is 5.75 Å². The number of rotatable bonds is 11. The Labute approximate surface area is 229 Å². The van der Waals surface area contributed by atoms with Gasteiger partial charge in [-0.1, -0.05) is 74.6 Å². The zero-order valence-electron chi connectivity index (χ0n) is 22.8. The molecule has 3 aromatic rings. The lowest BCUT2D eigenvalue weighted by Gasteiger charge is -2.29. The number of ether oxygens (including phenoxy) is 2. The number of hydrogen-bond acceptors (Lipinski definition) is 3. The molecule has 6 heteroatoms. The highest BCUT2D eigenvalue weighted by atomic mass is 19.2. The minimum atomic E-state index is -0.843. The molecule has 208 valence electrons. The summed E-state index contributed by atoms with van der Waals surface area (Å²) in [6.45, 7) is 4.61. The number of aryl methyl sites for hydroxylation is 1. The number of carbonyl (C=O) groups is 1. The van der Waals surface area contributed by atoms with Gasteiger partial charge >= 0.3 is 5.97 Å². The predicted molar refractivity (Wildman–Crippen MR) is 148 cm³/mol. The SMILES string of the molecule is CCCCCCCOc1ccc(C(=O)OC2CCC(c3ccc(-c4ccc(C)cc4)c(F)c3F)CC2)c(F)c1. The Morgan fingerprint density at radius 3 is 2.26 bits per heavy atom. The van der Waals surface area contributed by atoms with Crippen molar-refractivity contribution in [1.82, 2.24) is 0 Å². The Hall–Kier alpha value is -3.28. The molecule has 0 N–H and O–H groups in total. The molecular weight excluding hydrogens is 501 g/mol. The van der Waals surface area contributed by atoms with Crippen LogP contribution in [-0.2, 0) is 4.74 Å². The Morgan fingerprint density at radius 2 is 1.56 bits per heavy atom. The number of carbonyl (C=O) groups excluding carboxylic acids is 1. The molecule has 0 spiro atoms. The fraction of sp³-hybridized carbons (Fsp3) is 0.424. The third kappa shape index (κ3) is 7.43. The van der Waals surface area contributed by atoms with Crippen molar-refractivity contribution < 1.29 is 27.4 Å². The lowest BCUT2D eigenvalue weighted by molar-refractivity contribution is 0.0189. The molecule has 1 aliphatic carbocycles. The van der Waals surface area contributed by atoms with E-state index < -0.39 is 29.5 Å². The zero-order valence-corrected chi connectivity index (χ0v) is 22.8. The van der Waals surface area contributed by atoms with Crippen LogP contribution in [-0.4, -0.2) is 18.7 Å². The quantitative estimate of drug-likeness (QED) is 0.180. The molecule has 0 radical (unpaired) electrons. The van der Waals surface area contributed by atoms with Gasteiger partial charge in [-0.05, 0) is 68.2 Å². The number of hydrogen-bond donors (Lipinski definition) is 0. The maximum Gasteiger partial charge on any atom is 0.341 e. The van der Waals surface area contributed by atoms with Gasteiger partial charge in [-0.15, -0.1) is 0 Å². The molecule has 0 unspecified atom stereocenters. The van der Waals surface area contributed by atoms with Gasteiger partial charge in [0.15, 0.2) is 11.6 Å². The maximum absolute atomic E-state index is 15.1. The van der Waals surface area contributed by atoms with Crippen LogP contribution in [0.2, 0.25) is 0 Å². The first-order chi connectivity index (χ1) is 18.9. The predicted octanol–water partition coefficient (Wildman–Crippen LogP) is 9.31. The van der Waals surface area contributed by atoms with Crippen LogP contribution < -0.4 is 4.74 Å². The molecule has 0 amide bonds. The molecule has 1 aliphatic rings. The first-order valence-electron chi connectivity index (χ1n) is 14.1. The van der Waals surface area contributed by atoms with Crippen molar-refractivity contribution in [1.29, 1.82) is 0 Å². The van der Waals surface area contributed by atoms with E-state index in [2.05, 4.69) is 6.92 Å². The topological polar surface area (TPSA) is 35.5 Å². The summed E-state index contributed by atoms with van der Waals surface area (Å²) in [5.41, 5.74) is 2.14.